The molecule has 1 N–H and O–H groups in total. The number of Topliss-reactive ketones (excluding diaryl/α,β-unsaturated/α-hetero) is 1. The maximum absolute atomic E-state index is 11.9. The highest BCUT2D eigenvalue weighted by Crippen LogP contribution is 2.35. The van der Waals surface area contributed by atoms with Crippen LogP contribution in [0.4, 0.5) is 0 Å². The summed E-state index contributed by atoms with van der Waals surface area (Å²) in [4.78, 5) is 11.9. The summed E-state index contributed by atoms with van der Waals surface area (Å²) in [5.41, 5.74) is 0.437. The molecular formula is C14H9BrCl2O3. The third kappa shape index (κ3) is 3.66. The van der Waals surface area contributed by atoms with Crippen LogP contribution in [0.3, 0.4) is 0 Å². The SMILES string of the molecule is O=C(COc1c(Cl)cc(Br)cc1Cl)c1ccc(O)cc1. The van der Waals surface area contributed by atoms with E-state index >= 15 is 0 Å². The summed E-state index contributed by atoms with van der Waals surface area (Å²) < 4.78 is 6.10. The number of hydrogen-bond donors (Lipinski definition) is 1. The summed E-state index contributed by atoms with van der Waals surface area (Å²) >= 11 is 15.3. The van der Waals surface area contributed by atoms with Gasteiger partial charge in [-0.25, -0.2) is 0 Å². The maximum Gasteiger partial charge on any atom is 0.200 e. The third-order valence-electron chi connectivity index (χ3n) is 2.50. The van der Waals surface area contributed by atoms with Crippen LogP contribution in [0.1, 0.15) is 10.4 Å². The van der Waals surface area contributed by atoms with Crippen molar-refractivity contribution in [1.29, 1.82) is 0 Å². The molecule has 0 amide bonds. The number of phenols is 1. The molecule has 0 aliphatic heterocycles. The maximum atomic E-state index is 11.9. The Morgan fingerprint density at radius 3 is 2.25 bits per heavy atom. The minimum Gasteiger partial charge on any atom is -0.508 e. The molecule has 0 radical (unpaired) electrons. The van der Waals surface area contributed by atoms with Crippen molar-refractivity contribution in [1.82, 2.24) is 0 Å². The first-order valence-electron chi connectivity index (χ1n) is 5.57. The van der Waals surface area contributed by atoms with Crippen molar-refractivity contribution in [2.45, 2.75) is 0 Å². The quantitative estimate of drug-likeness (QED) is 0.786. The number of ketones is 1. The van der Waals surface area contributed by atoms with Gasteiger partial charge in [0.2, 0.25) is 0 Å². The number of rotatable bonds is 4. The van der Waals surface area contributed by atoms with E-state index in [2.05, 4.69) is 15.9 Å². The fourth-order valence-electron chi connectivity index (χ4n) is 1.54. The molecule has 0 aliphatic carbocycles. The third-order valence-corrected chi connectivity index (χ3v) is 3.52. The largest absolute Gasteiger partial charge is 0.508 e. The summed E-state index contributed by atoms with van der Waals surface area (Å²) in [7, 11) is 0. The van der Waals surface area contributed by atoms with Crippen molar-refractivity contribution >= 4 is 44.9 Å². The zero-order valence-electron chi connectivity index (χ0n) is 10.1. The van der Waals surface area contributed by atoms with Gasteiger partial charge in [-0.2, -0.15) is 0 Å². The van der Waals surface area contributed by atoms with E-state index in [0.717, 1.165) is 4.47 Å². The van der Waals surface area contributed by atoms with Crippen LogP contribution in [-0.2, 0) is 0 Å². The van der Waals surface area contributed by atoms with Crippen molar-refractivity contribution < 1.29 is 14.6 Å². The molecule has 0 spiro atoms. The van der Waals surface area contributed by atoms with Gasteiger partial charge in [0.15, 0.2) is 18.1 Å². The van der Waals surface area contributed by atoms with E-state index in [1.807, 2.05) is 0 Å². The molecule has 6 heteroatoms. The lowest BCUT2D eigenvalue weighted by molar-refractivity contribution is 0.0921. The lowest BCUT2D eigenvalue weighted by atomic mass is 10.1. The monoisotopic (exact) mass is 374 g/mol. The highest BCUT2D eigenvalue weighted by molar-refractivity contribution is 9.10. The minimum atomic E-state index is -0.236. The number of carbonyl (C=O) groups is 1. The van der Waals surface area contributed by atoms with E-state index in [0.29, 0.717) is 15.6 Å². The molecule has 20 heavy (non-hydrogen) atoms. The second-order valence-corrected chi connectivity index (χ2v) is 5.69. The van der Waals surface area contributed by atoms with Gasteiger partial charge in [0.25, 0.3) is 0 Å². The van der Waals surface area contributed by atoms with Gasteiger partial charge >= 0.3 is 0 Å². The summed E-state index contributed by atoms with van der Waals surface area (Å²) in [6, 6.07) is 9.18. The van der Waals surface area contributed by atoms with Crippen molar-refractivity contribution in [3.8, 4) is 11.5 Å². The number of ether oxygens (including phenoxy) is 1. The molecule has 0 fully saturated rings. The van der Waals surface area contributed by atoms with Crippen LogP contribution in [-0.4, -0.2) is 17.5 Å². The number of halogens is 3. The van der Waals surface area contributed by atoms with Gasteiger partial charge in [0, 0.05) is 10.0 Å². The second kappa shape index (κ2) is 6.48. The van der Waals surface area contributed by atoms with E-state index in [1.165, 1.54) is 24.3 Å². The molecule has 0 atom stereocenters. The van der Waals surface area contributed by atoms with Gasteiger partial charge < -0.3 is 9.84 Å². The predicted octanol–water partition coefficient (Wildman–Crippen LogP) is 4.72. The molecule has 0 aromatic heterocycles. The zero-order valence-corrected chi connectivity index (χ0v) is 13.2. The molecule has 0 saturated carbocycles. The lowest BCUT2D eigenvalue weighted by Gasteiger charge is -2.10. The number of aromatic hydroxyl groups is 1. The normalized spacial score (nSPS) is 10.3. The lowest BCUT2D eigenvalue weighted by Crippen LogP contribution is -2.11. The van der Waals surface area contributed by atoms with Gasteiger partial charge in [0.05, 0.1) is 10.0 Å². The van der Waals surface area contributed by atoms with E-state index < -0.39 is 0 Å². The van der Waals surface area contributed by atoms with E-state index in [4.69, 9.17) is 33.0 Å². The van der Waals surface area contributed by atoms with Crippen LogP contribution in [0.2, 0.25) is 10.0 Å². The molecule has 104 valence electrons. The molecule has 0 unspecified atom stereocenters. The first kappa shape index (κ1) is 15.2. The molecule has 2 aromatic carbocycles. The van der Waals surface area contributed by atoms with Gasteiger partial charge in [-0.1, -0.05) is 39.1 Å². The second-order valence-electron chi connectivity index (χ2n) is 3.96. The standard InChI is InChI=1S/C14H9BrCl2O3/c15-9-5-11(16)14(12(17)6-9)20-7-13(19)8-1-3-10(18)4-2-8/h1-6,18H,7H2. The first-order valence-corrected chi connectivity index (χ1v) is 7.12. The highest BCUT2D eigenvalue weighted by atomic mass is 79.9. The Bertz CT molecular complexity index is 618. The predicted molar refractivity (Wildman–Crippen MR) is 82.1 cm³/mol. The van der Waals surface area contributed by atoms with E-state index in [-0.39, 0.29) is 23.9 Å². The van der Waals surface area contributed by atoms with Gasteiger partial charge in [-0.3, -0.25) is 4.79 Å². The fraction of sp³-hybridized carbons (Fsp3) is 0.0714. The zero-order chi connectivity index (χ0) is 14.7. The van der Waals surface area contributed by atoms with Gasteiger partial charge in [-0.15, -0.1) is 0 Å². The topological polar surface area (TPSA) is 46.5 Å². The molecule has 2 aromatic rings. The van der Waals surface area contributed by atoms with Gasteiger partial charge in [-0.05, 0) is 36.4 Å². The average molecular weight is 376 g/mol. The average Bonchev–Trinajstić information content (AvgIpc) is 2.38. The Hall–Kier alpha value is -1.23. The Balaban J connectivity index is 2.09. The molecule has 0 aliphatic rings. The number of benzene rings is 2. The summed E-state index contributed by atoms with van der Waals surface area (Å²) in [5.74, 6) is 0.130. The Morgan fingerprint density at radius 2 is 1.70 bits per heavy atom. The molecule has 2 rings (SSSR count). The molecule has 3 nitrogen and oxygen atoms in total. The van der Waals surface area contributed by atoms with E-state index in [9.17, 15) is 4.79 Å². The fourth-order valence-corrected chi connectivity index (χ4v) is 2.85. The van der Waals surface area contributed by atoms with Crippen LogP contribution < -0.4 is 4.74 Å². The van der Waals surface area contributed by atoms with Crippen LogP contribution in [0.5, 0.6) is 11.5 Å². The highest BCUT2D eigenvalue weighted by Gasteiger charge is 2.12. The van der Waals surface area contributed by atoms with Crippen LogP contribution in [0.15, 0.2) is 40.9 Å². The van der Waals surface area contributed by atoms with Gasteiger partial charge in [0.1, 0.15) is 5.75 Å². The molecule has 0 saturated heterocycles. The van der Waals surface area contributed by atoms with Crippen molar-refractivity contribution in [3.05, 3.63) is 56.5 Å². The summed E-state index contributed by atoms with van der Waals surface area (Å²) in [6.07, 6.45) is 0. The smallest absolute Gasteiger partial charge is 0.200 e. The Labute approximate surface area is 134 Å². The van der Waals surface area contributed by atoms with Crippen LogP contribution in [0, 0.1) is 0 Å². The van der Waals surface area contributed by atoms with Crippen molar-refractivity contribution in [3.63, 3.8) is 0 Å². The number of hydrogen-bond acceptors (Lipinski definition) is 3. The van der Waals surface area contributed by atoms with Crippen LogP contribution in [0.25, 0.3) is 0 Å². The van der Waals surface area contributed by atoms with Crippen molar-refractivity contribution in [2.24, 2.45) is 0 Å². The molecule has 0 bridgehead atoms. The minimum absolute atomic E-state index is 0.0986. The Kier molecular flexibility index (Phi) is 4.91. The van der Waals surface area contributed by atoms with Crippen LogP contribution >= 0.6 is 39.1 Å². The number of carbonyl (C=O) groups excluding carboxylic acids is 1. The summed E-state index contributed by atoms with van der Waals surface area (Å²) in [5, 5.41) is 9.81. The van der Waals surface area contributed by atoms with E-state index in [1.54, 1.807) is 12.1 Å². The summed E-state index contributed by atoms with van der Waals surface area (Å²) in [6.45, 7) is -0.189. The molecular weight excluding hydrogens is 367 g/mol. The number of phenolic OH excluding ortho intramolecular Hbond substituents is 1. The van der Waals surface area contributed by atoms with Crippen molar-refractivity contribution in [2.75, 3.05) is 6.61 Å². The molecule has 0 heterocycles. The Morgan fingerprint density at radius 1 is 1.15 bits per heavy atom. The first-order chi connectivity index (χ1) is 9.47.